The van der Waals surface area contributed by atoms with Crippen molar-refractivity contribution in [3.63, 3.8) is 0 Å². The molecule has 6 heteroatoms. The maximum atomic E-state index is 12.0. The summed E-state index contributed by atoms with van der Waals surface area (Å²) in [5.74, 6) is 0.370. The average molecular weight is 345 g/mol. The van der Waals surface area contributed by atoms with E-state index >= 15 is 0 Å². The number of para-hydroxylation sites is 1. The molecule has 0 atom stereocenters. The molecule has 0 aliphatic heterocycles. The predicted octanol–water partition coefficient (Wildman–Crippen LogP) is 4.61. The zero-order valence-electron chi connectivity index (χ0n) is 12.2. The maximum absolute atomic E-state index is 12.0. The molecule has 1 aromatic heterocycles. The van der Waals surface area contributed by atoms with E-state index in [9.17, 15) is 4.79 Å². The van der Waals surface area contributed by atoms with E-state index in [4.69, 9.17) is 16.3 Å². The van der Waals surface area contributed by atoms with Gasteiger partial charge in [0.2, 0.25) is 5.91 Å². The zero-order chi connectivity index (χ0) is 16.2. The molecule has 0 aliphatic carbocycles. The third-order valence-electron chi connectivity index (χ3n) is 3.12. The van der Waals surface area contributed by atoms with Gasteiger partial charge in [-0.3, -0.25) is 4.79 Å². The number of thiazole rings is 1. The van der Waals surface area contributed by atoms with E-state index in [-0.39, 0.29) is 5.91 Å². The summed E-state index contributed by atoms with van der Waals surface area (Å²) in [6.45, 7) is 0. The van der Waals surface area contributed by atoms with Crippen molar-refractivity contribution in [1.29, 1.82) is 0 Å². The quantitative estimate of drug-likeness (QED) is 0.703. The van der Waals surface area contributed by atoms with Crippen LogP contribution in [0, 0.1) is 0 Å². The molecule has 0 bridgehead atoms. The molecule has 0 radical (unpaired) electrons. The Labute approximate surface area is 142 Å². The molecule has 0 saturated heterocycles. The fourth-order valence-corrected chi connectivity index (χ4v) is 3.09. The van der Waals surface area contributed by atoms with Crippen molar-refractivity contribution >= 4 is 50.8 Å². The fourth-order valence-electron chi connectivity index (χ4n) is 2.01. The lowest BCUT2D eigenvalue weighted by Crippen LogP contribution is -2.08. The molecule has 1 amide bonds. The summed E-state index contributed by atoms with van der Waals surface area (Å²) in [4.78, 5) is 16.4. The number of hydrogen-bond acceptors (Lipinski definition) is 4. The summed E-state index contributed by atoms with van der Waals surface area (Å²) in [6.07, 6.45) is 3.13. The number of carbonyl (C=O) groups excluding carboxylic acids is 1. The van der Waals surface area contributed by atoms with Gasteiger partial charge in [-0.15, -0.1) is 11.3 Å². The number of hydrogen-bond donors (Lipinski definition) is 1. The number of amides is 1. The van der Waals surface area contributed by atoms with Crippen molar-refractivity contribution in [2.75, 3.05) is 12.4 Å². The molecule has 1 heterocycles. The van der Waals surface area contributed by atoms with Gasteiger partial charge in [-0.1, -0.05) is 23.7 Å². The number of methoxy groups -OCH3 is 1. The topological polar surface area (TPSA) is 51.2 Å². The molecule has 1 N–H and O–H groups in total. The van der Waals surface area contributed by atoms with E-state index in [1.54, 1.807) is 31.4 Å². The minimum absolute atomic E-state index is 0.267. The van der Waals surface area contributed by atoms with Gasteiger partial charge in [-0.05, 0) is 30.3 Å². The van der Waals surface area contributed by atoms with Crippen molar-refractivity contribution in [2.45, 2.75) is 0 Å². The summed E-state index contributed by atoms with van der Waals surface area (Å²) in [5, 5.41) is 3.93. The summed E-state index contributed by atoms with van der Waals surface area (Å²) >= 11 is 7.63. The number of nitrogens with one attached hydrogen (secondary N) is 1. The Morgan fingerprint density at radius 1 is 1.30 bits per heavy atom. The highest BCUT2D eigenvalue weighted by molar-refractivity contribution is 7.19. The first-order valence-corrected chi connectivity index (χ1v) is 8.03. The number of aromatic nitrogens is 1. The largest absolute Gasteiger partial charge is 0.497 e. The Morgan fingerprint density at radius 2 is 2.13 bits per heavy atom. The molecule has 2 aromatic carbocycles. The highest BCUT2D eigenvalue weighted by Gasteiger charge is 2.05. The number of benzene rings is 2. The van der Waals surface area contributed by atoms with Crippen LogP contribution >= 0.6 is 22.9 Å². The maximum Gasteiger partial charge on any atom is 0.248 e. The summed E-state index contributed by atoms with van der Waals surface area (Å²) < 4.78 is 6.16. The lowest BCUT2D eigenvalue weighted by Gasteiger charge is -2.06. The van der Waals surface area contributed by atoms with Crippen LogP contribution in [-0.4, -0.2) is 18.0 Å². The Kier molecular flexibility index (Phi) is 4.60. The van der Waals surface area contributed by atoms with Gasteiger partial charge < -0.3 is 10.1 Å². The summed E-state index contributed by atoms with van der Waals surface area (Å²) in [6, 6.07) is 12.9. The fraction of sp³-hybridized carbons (Fsp3) is 0.0588. The van der Waals surface area contributed by atoms with Crippen LogP contribution in [0.2, 0.25) is 5.02 Å². The van der Waals surface area contributed by atoms with Crippen LogP contribution in [0.15, 0.2) is 48.5 Å². The molecule has 0 saturated carbocycles. The first kappa shape index (κ1) is 15.5. The van der Waals surface area contributed by atoms with Crippen LogP contribution in [0.1, 0.15) is 5.01 Å². The first-order chi connectivity index (χ1) is 11.2. The van der Waals surface area contributed by atoms with Crippen LogP contribution in [-0.2, 0) is 4.79 Å². The standard InChI is InChI=1S/C17H13ClN2O2S/c1-22-11-6-7-13(12(18)10-11)19-16(21)8-9-17-20-14-4-2-3-5-15(14)23-17/h2-10H,1H3,(H,19,21). The van der Waals surface area contributed by atoms with E-state index in [2.05, 4.69) is 10.3 Å². The normalized spacial score (nSPS) is 11.0. The van der Waals surface area contributed by atoms with Crippen LogP contribution in [0.5, 0.6) is 5.75 Å². The van der Waals surface area contributed by atoms with Crippen LogP contribution in [0.25, 0.3) is 16.3 Å². The Bertz CT molecular complexity index is 856. The molecule has 116 valence electrons. The minimum Gasteiger partial charge on any atom is -0.497 e. The zero-order valence-corrected chi connectivity index (χ0v) is 13.8. The molecule has 0 spiro atoms. The van der Waals surface area contributed by atoms with E-state index in [0.717, 1.165) is 15.2 Å². The number of rotatable bonds is 4. The number of nitrogens with zero attached hydrogens (tertiary/aromatic N) is 1. The number of carbonyl (C=O) groups is 1. The van der Waals surface area contributed by atoms with Crippen molar-refractivity contribution in [3.05, 3.63) is 58.6 Å². The van der Waals surface area contributed by atoms with Gasteiger partial charge in [-0.2, -0.15) is 0 Å². The van der Waals surface area contributed by atoms with E-state index in [0.29, 0.717) is 16.5 Å². The second-order valence-electron chi connectivity index (χ2n) is 4.69. The lowest BCUT2D eigenvalue weighted by atomic mass is 10.3. The van der Waals surface area contributed by atoms with Crippen LogP contribution in [0.4, 0.5) is 5.69 Å². The van der Waals surface area contributed by atoms with E-state index in [1.165, 1.54) is 17.4 Å². The molecular formula is C17H13ClN2O2S. The number of ether oxygens (including phenoxy) is 1. The van der Waals surface area contributed by atoms with Gasteiger partial charge in [0.15, 0.2) is 0 Å². The molecule has 23 heavy (non-hydrogen) atoms. The first-order valence-electron chi connectivity index (χ1n) is 6.84. The Hall–Kier alpha value is -2.37. The highest BCUT2D eigenvalue weighted by atomic mass is 35.5. The molecule has 0 unspecified atom stereocenters. The number of fused-ring (bicyclic) bond motifs is 1. The third kappa shape index (κ3) is 3.70. The minimum atomic E-state index is -0.267. The van der Waals surface area contributed by atoms with Crippen LogP contribution in [0.3, 0.4) is 0 Å². The Morgan fingerprint density at radius 3 is 2.87 bits per heavy atom. The predicted molar refractivity (Wildman–Crippen MR) is 95.3 cm³/mol. The molecule has 0 aliphatic rings. The molecule has 0 fully saturated rings. The number of anilines is 1. The lowest BCUT2D eigenvalue weighted by molar-refractivity contribution is -0.111. The molecule has 3 aromatic rings. The van der Waals surface area contributed by atoms with Crippen molar-refractivity contribution < 1.29 is 9.53 Å². The SMILES string of the molecule is COc1ccc(NC(=O)C=Cc2nc3ccccc3s2)c(Cl)c1. The monoisotopic (exact) mass is 344 g/mol. The third-order valence-corrected chi connectivity index (χ3v) is 4.44. The van der Waals surface area contributed by atoms with Crippen molar-refractivity contribution in [1.82, 2.24) is 4.98 Å². The van der Waals surface area contributed by atoms with Gasteiger partial charge in [0.1, 0.15) is 10.8 Å². The molecular weight excluding hydrogens is 332 g/mol. The summed E-state index contributed by atoms with van der Waals surface area (Å²) in [5.41, 5.74) is 1.46. The van der Waals surface area contributed by atoms with E-state index in [1.807, 2.05) is 24.3 Å². The second-order valence-corrected chi connectivity index (χ2v) is 6.16. The van der Waals surface area contributed by atoms with Gasteiger partial charge >= 0.3 is 0 Å². The van der Waals surface area contributed by atoms with Gasteiger partial charge in [-0.25, -0.2) is 4.98 Å². The smallest absolute Gasteiger partial charge is 0.248 e. The Balaban J connectivity index is 1.71. The number of halogens is 1. The van der Waals surface area contributed by atoms with Crippen molar-refractivity contribution in [3.8, 4) is 5.75 Å². The average Bonchev–Trinajstić information content (AvgIpc) is 2.97. The van der Waals surface area contributed by atoms with Crippen LogP contribution < -0.4 is 10.1 Å². The van der Waals surface area contributed by atoms with Gasteiger partial charge in [0, 0.05) is 12.1 Å². The highest BCUT2D eigenvalue weighted by Crippen LogP contribution is 2.27. The van der Waals surface area contributed by atoms with Gasteiger partial charge in [0.05, 0.1) is 28.0 Å². The van der Waals surface area contributed by atoms with Crippen molar-refractivity contribution in [2.24, 2.45) is 0 Å². The molecule has 3 rings (SSSR count). The summed E-state index contributed by atoms with van der Waals surface area (Å²) in [7, 11) is 1.56. The molecule has 4 nitrogen and oxygen atoms in total. The second kappa shape index (κ2) is 6.81. The van der Waals surface area contributed by atoms with E-state index < -0.39 is 0 Å². The van der Waals surface area contributed by atoms with Gasteiger partial charge in [0.25, 0.3) is 0 Å².